The zero-order chi connectivity index (χ0) is 12.3. The van der Waals surface area contributed by atoms with Crippen LogP contribution in [-0.2, 0) is 13.1 Å². The standard InChI is InChI=1S/C12H19N5/c1-4-7-16-9-10(3)13-12(16)14-11-6-8-17(5-2)15-11/h6,8-9H,4-5,7H2,1-3H3,(H,13,14,15). The lowest BCUT2D eigenvalue weighted by molar-refractivity contribution is 0.660. The van der Waals surface area contributed by atoms with E-state index in [1.807, 2.05) is 23.9 Å². The topological polar surface area (TPSA) is 47.7 Å². The molecule has 2 aromatic heterocycles. The summed E-state index contributed by atoms with van der Waals surface area (Å²) in [6.07, 6.45) is 5.11. The smallest absolute Gasteiger partial charge is 0.208 e. The Balaban J connectivity index is 2.16. The summed E-state index contributed by atoms with van der Waals surface area (Å²) >= 11 is 0. The van der Waals surface area contributed by atoms with E-state index in [1.165, 1.54) is 0 Å². The minimum atomic E-state index is 0.842. The van der Waals surface area contributed by atoms with E-state index in [0.29, 0.717) is 0 Å². The van der Waals surface area contributed by atoms with Crippen LogP contribution in [-0.4, -0.2) is 19.3 Å². The second-order valence-electron chi connectivity index (χ2n) is 4.08. The lowest BCUT2D eigenvalue weighted by Crippen LogP contribution is -2.03. The highest BCUT2D eigenvalue weighted by Crippen LogP contribution is 2.14. The van der Waals surface area contributed by atoms with Gasteiger partial charge >= 0.3 is 0 Å². The molecule has 0 saturated carbocycles. The Kier molecular flexibility index (Phi) is 3.46. The van der Waals surface area contributed by atoms with E-state index in [4.69, 9.17) is 0 Å². The van der Waals surface area contributed by atoms with Crippen LogP contribution in [0.25, 0.3) is 0 Å². The van der Waals surface area contributed by atoms with Crippen molar-refractivity contribution < 1.29 is 0 Å². The van der Waals surface area contributed by atoms with Crippen molar-refractivity contribution in [1.29, 1.82) is 0 Å². The molecule has 0 aromatic carbocycles. The first-order valence-electron chi connectivity index (χ1n) is 6.07. The predicted octanol–water partition coefficient (Wildman–Crippen LogP) is 2.56. The number of hydrogen-bond acceptors (Lipinski definition) is 3. The van der Waals surface area contributed by atoms with Gasteiger partial charge in [0.1, 0.15) is 0 Å². The van der Waals surface area contributed by atoms with Gasteiger partial charge in [0.25, 0.3) is 0 Å². The molecule has 2 aromatic rings. The van der Waals surface area contributed by atoms with E-state index in [2.05, 4.69) is 40.0 Å². The van der Waals surface area contributed by atoms with Crippen molar-refractivity contribution in [3.05, 3.63) is 24.2 Å². The average Bonchev–Trinajstić information content (AvgIpc) is 2.87. The van der Waals surface area contributed by atoms with Gasteiger partial charge in [0.2, 0.25) is 5.95 Å². The molecule has 17 heavy (non-hydrogen) atoms. The monoisotopic (exact) mass is 233 g/mol. The first kappa shape index (κ1) is 11.7. The first-order chi connectivity index (χ1) is 8.22. The van der Waals surface area contributed by atoms with E-state index in [-0.39, 0.29) is 0 Å². The summed E-state index contributed by atoms with van der Waals surface area (Å²) < 4.78 is 4.02. The summed E-state index contributed by atoms with van der Waals surface area (Å²) in [4.78, 5) is 4.46. The lowest BCUT2D eigenvalue weighted by Gasteiger charge is -2.06. The Bertz CT molecular complexity index is 483. The molecule has 92 valence electrons. The van der Waals surface area contributed by atoms with Crippen molar-refractivity contribution in [2.45, 2.75) is 40.3 Å². The van der Waals surface area contributed by atoms with Gasteiger partial charge in [-0.3, -0.25) is 4.68 Å². The van der Waals surface area contributed by atoms with Crippen LogP contribution in [0, 0.1) is 6.92 Å². The molecule has 0 atom stereocenters. The van der Waals surface area contributed by atoms with Gasteiger partial charge < -0.3 is 9.88 Å². The van der Waals surface area contributed by atoms with E-state index in [1.54, 1.807) is 0 Å². The quantitative estimate of drug-likeness (QED) is 0.863. The lowest BCUT2D eigenvalue weighted by atomic mass is 10.5. The van der Waals surface area contributed by atoms with Crippen molar-refractivity contribution in [3.8, 4) is 0 Å². The van der Waals surface area contributed by atoms with Crippen LogP contribution in [0.1, 0.15) is 26.0 Å². The van der Waals surface area contributed by atoms with Crippen LogP contribution >= 0.6 is 0 Å². The second kappa shape index (κ2) is 5.03. The molecular weight excluding hydrogens is 214 g/mol. The molecule has 0 aliphatic carbocycles. The van der Waals surface area contributed by atoms with Gasteiger partial charge in [0.15, 0.2) is 5.82 Å². The molecule has 0 bridgehead atoms. The number of nitrogens with zero attached hydrogens (tertiary/aromatic N) is 4. The third-order valence-corrected chi connectivity index (χ3v) is 2.57. The molecule has 0 fully saturated rings. The maximum atomic E-state index is 4.46. The number of anilines is 2. The fourth-order valence-electron chi connectivity index (χ4n) is 1.78. The SMILES string of the molecule is CCCn1cc(C)nc1Nc1ccn(CC)n1. The fraction of sp³-hybridized carbons (Fsp3) is 0.500. The maximum absolute atomic E-state index is 4.46. The van der Waals surface area contributed by atoms with Crippen molar-refractivity contribution >= 4 is 11.8 Å². The summed E-state index contributed by atoms with van der Waals surface area (Å²) in [6, 6.07) is 1.96. The van der Waals surface area contributed by atoms with Crippen LogP contribution in [0.2, 0.25) is 0 Å². The van der Waals surface area contributed by atoms with E-state index < -0.39 is 0 Å². The van der Waals surface area contributed by atoms with Gasteiger partial charge in [-0.05, 0) is 20.3 Å². The second-order valence-corrected chi connectivity index (χ2v) is 4.08. The summed E-state index contributed by atoms with van der Waals surface area (Å²) in [5, 5.41) is 7.64. The summed E-state index contributed by atoms with van der Waals surface area (Å²) in [7, 11) is 0. The van der Waals surface area contributed by atoms with Gasteiger partial charge in [0.05, 0.1) is 5.69 Å². The maximum Gasteiger partial charge on any atom is 0.208 e. The highest BCUT2D eigenvalue weighted by atomic mass is 15.3. The number of hydrogen-bond donors (Lipinski definition) is 1. The van der Waals surface area contributed by atoms with Gasteiger partial charge in [-0.2, -0.15) is 5.10 Å². The fourth-order valence-corrected chi connectivity index (χ4v) is 1.78. The zero-order valence-electron chi connectivity index (χ0n) is 10.6. The molecular formula is C12H19N5. The molecule has 5 nitrogen and oxygen atoms in total. The highest BCUT2D eigenvalue weighted by Gasteiger charge is 2.06. The molecule has 5 heteroatoms. The summed E-state index contributed by atoms with van der Waals surface area (Å²) in [5.74, 6) is 1.71. The van der Waals surface area contributed by atoms with Gasteiger partial charge in [0, 0.05) is 31.5 Å². The Morgan fingerprint density at radius 1 is 1.35 bits per heavy atom. The zero-order valence-corrected chi connectivity index (χ0v) is 10.6. The van der Waals surface area contributed by atoms with Crippen LogP contribution in [0.15, 0.2) is 18.5 Å². The number of rotatable bonds is 5. The van der Waals surface area contributed by atoms with Crippen LogP contribution < -0.4 is 5.32 Å². The normalized spacial score (nSPS) is 10.8. The molecule has 0 unspecified atom stereocenters. The first-order valence-corrected chi connectivity index (χ1v) is 6.07. The van der Waals surface area contributed by atoms with E-state index in [9.17, 15) is 0 Å². The highest BCUT2D eigenvalue weighted by molar-refractivity contribution is 5.47. The van der Waals surface area contributed by atoms with Gasteiger partial charge in [-0.25, -0.2) is 4.98 Å². The predicted molar refractivity (Wildman–Crippen MR) is 68.4 cm³/mol. The van der Waals surface area contributed by atoms with E-state index in [0.717, 1.165) is 37.0 Å². The van der Waals surface area contributed by atoms with Crippen molar-refractivity contribution in [1.82, 2.24) is 19.3 Å². The molecule has 0 aliphatic rings. The number of imidazole rings is 1. The van der Waals surface area contributed by atoms with Crippen LogP contribution in [0.3, 0.4) is 0 Å². The Morgan fingerprint density at radius 2 is 2.18 bits per heavy atom. The minimum Gasteiger partial charge on any atom is -0.317 e. The Hall–Kier alpha value is -1.78. The Morgan fingerprint density at radius 3 is 2.82 bits per heavy atom. The molecule has 0 aliphatic heterocycles. The summed E-state index contributed by atoms with van der Waals surface area (Å²) in [5.41, 5.74) is 1.02. The molecule has 0 amide bonds. The third kappa shape index (κ3) is 2.67. The van der Waals surface area contributed by atoms with Crippen LogP contribution in [0.4, 0.5) is 11.8 Å². The Labute approximate surface area is 101 Å². The van der Waals surface area contributed by atoms with Crippen molar-refractivity contribution in [2.75, 3.05) is 5.32 Å². The third-order valence-electron chi connectivity index (χ3n) is 2.57. The molecule has 2 heterocycles. The molecule has 0 saturated heterocycles. The summed E-state index contributed by atoms with van der Waals surface area (Å²) in [6.45, 7) is 8.08. The number of aryl methyl sites for hydroxylation is 3. The molecule has 0 spiro atoms. The largest absolute Gasteiger partial charge is 0.317 e. The number of nitrogens with one attached hydrogen (secondary N) is 1. The van der Waals surface area contributed by atoms with Crippen LogP contribution in [0.5, 0.6) is 0 Å². The minimum absolute atomic E-state index is 0.842. The van der Waals surface area contributed by atoms with Crippen molar-refractivity contribution in [2.24, 2.45) is 0 Å². The van der Waals surface area contributed by atoms with Crippen molar-refractivity contribution in [3.63, 3.8) is 0 Å². The van der Waals surface area contributed by atoms with Gasteiger partial charge in [-0.15, -0.1) is 0 Å². The average molecular weight is 233 g/mol. The van der Waals surface area contributed by atoms with E-state index >= 15 is 0 Å². The molecule has 0 radical (unpaired) electrons. The molecule has 2 rings (SSSR count). The van der Waals surface area contributed by atoms with Gasteiger partial charge in [-0.1, -0.05) is 6.92 Å². The molecule has 1 N–H and O–H groups in total. The number of aromatic nitrogens is 4.